The molecule has 15 heavy (non-hydrogen) atoms. The second-order valence-corrected chi connectivity index (χ2v) is 2.96. The van der Waals surface area contributed by atoms with Gasteiger partial charge in [-0.05, 0) is 17.7 Å². The van der Waals surface area contributed by atoms with Crippen molar-refractivity contribution < 1.29 is 14.3 Å². The van der Waals surface area contributed by atoms with Crippen molar-refractivity contribution in [3.63, 3.8) is 0 Å². The lowest BCUT2D eigenvalue weighted by atomic mass is 10.1. The molecule has 0 unspecified atom stereocenters. The highest BCUT2D eigenvalue weighted by Crippen LogP contribution is 2.17. The highest BCUT2D eigenvalue weighted by atomic mass is 16.4. The smallest absolute Gasteiger partial charge is 0.392 e. The van der Waals surface area contributed by atoms with Crippen LogP contribution in [0.25, 0.3) is 11.1 Å². The maximum Gasteiger partial charge on any atom is 0.392 e. The van der Waals surface area contributed by atoms with Gasteiger partial charge in [0.2, 0.25) is 0 Å². The van der Waals surface area contributed by atoms with E-state index in [4.69, 9.17) is 14.8 Å². The second kappa shape index (κ2) is 3.42. The average Bonchev–Trinajstić information content (AvgIpc) is 2.61. The number of hydrogen-bond donors (Lipinski definition) is 1. The number of carboxylic acid groups (broad SMARTS) is 1. The van der Waals surface area contributed by atoms with Crippen LogP contribution in [0.2, 0.25) is 0 Å². The Morgan fingerprint density at radius 3 is 3.07 bits per heavy atom. The van der Waals surface area contributed by atoms with Gasteiger partial charge in [0.15, 0.2) is 5.58 Å². The number of rotatable bonds is 2. The van der Waals surface area contributed by atoms with Crippen LogP contribution in [0.4, 0.5) is 0 Å². The van der Waals surface area contributed by atoms with E-state index in [1.807, 2.05) is 6.07 Å². The van der Waals surface area contributed by atoms with Crippen LogP contribution < -0.4 is 0 Å². The number of nitrogens with zero attached hydrogens (tertiary/aromatic N) is 2. The van der Waals surface area contributed by atoms with E-state index in [2.05, 4.69) is 4.98 Å². The lowest BCUT2D eigenvalue weighted by Crippen LogP contribution is -1.94. The molecule has 1 N–H and O–H groups in total. The molecule has 1 aromatic carbocycles. The van der Waals surface area contributed by atoms with Gasteiger partial charge in [-0.3, -0.25) is 0 Å². The van der Waals surface area contributed by atoms with Crippen molar-refractivity contribution in [2.45, 2.75) is 6.42 Å². The molecule has 5 heteroatoms. The van der Waals surface area contributed by atoms with Crippen LogP contribution in [0.3, 0.4) is 0 Å². The summed E-state index contributed by atoms with van der Waals surface area (Å²) in [6.45, 7) is 0. The van der Waals surface area contributed by atoms with Gasteiger partial charge in [0.1, 0.15) is 5.52 Å². The third kappa shape index (κ3) is 1.65. The predicted molar refractivity (Wildman–Crippen MR) is 50.3 cm³/mol. The van der Waals surface area contributed by atoms with Crippen LogP contribution in [0, 0.1) is 11.3 Å². The highest BCUT2D eigenvalue weighted by Gasteiger charge is 2.12. The summed E-state index contributed by atoms with van der Waals surface area (Å²) in [4.78, 5) is 14.3. The fourth-order valence-corrected chi connectivity index (χ4v) is 1.26. The zero-order valence-corrected chi connectivity index (χ0v) is 7.60. The van der Waals surface area contributed by atoms with Gasteiger partial charge in [0.25, 0.3) is 0 Å². The van der Waals surface area contributed by atoms with Gasteiger partial charge in [0.05, 0.1) is 12.5 Å². The minimum Gasteiger partial charge on any atom is -0.474 e. The molecule has 2 rings (SSSR count). The number of aromatic carboxylic acids is 1. The quantitative estimate of drug-likeness (QED) is 0.798. The molecule has 2 aromatic rings. The van der Waals surface area contributed by atoms with Crippen LogP contribution in [0.1, 0.15) is 16.2 Å². The van der Waals surface area contributed by atoms with E-state index in [1.165, 1.54) is 0 Å². The number of oxazole rings is 1. The molecule has 0 atom stereocenters. The van der Waals surface area contributed by atoms with Gasteiger partial charge in [-0.2, -0.15) is 5.26 Å². The van der Waals surface area contributed by atoms with Gasteiger partial charge >= 0.3 is 11.9 Å². The second-order valence-electron chi connectivity index (χ2n) is 2.96. The monoisotopic (exact) mass is 202 g/mol. The summed E-state index contributed by atoms with van der Waals surface area (Å²) >= 11 is 0. The highest BCUT2D eigenvalue weighted by molar-refractivity contribution is 5.86. The normalized spacial score (nSPS) is 10.1. The molecule has 0 saturated carbocycles. The van der Waals surface area contributed by atoms with Crippen LogP contribution in [-0.4, -0.2) is 16.1 Å². The Hall–Kier alpha value is -2.35. The van der Waals surface area contributed by atoms with E-state index >= 15 is 0 Å². The molecule has 0 aliphatic rings. The van der Waals surface area contributed by atoms with Crippen molar-refractivity contribution >= 4 is 17.1 Å². The first-order chi connectivity index (χ1) is 7.20. The van der Waals surface area contributed by atoms with Crippen LogP contribution in [0.15, 0.2) is 22.6 Å². The molecule has 0 bridgehead atoms. The Labute approximate surface area is 84.6 Å². The van der Waals surface area contributed by atoms with Gasteiger partial charge in [-0.1, -0.05) is 6.07 Å². The Morgan fingerprint density at radius 2 is 2.40 bits per heavy atom. The van der Waals surface area contributed by atoms with E-state index in [0.29, 0.717) is 11.1 Å². The Morgan fingerprint density at radius 1 is 1.60 bits per heavy atom. The zero-order chi connectivity index (χ0) is 10.8. The first-order valence-corrected chi connectivity index (χ1v) is 4.20. The van der Waals surface area contributed by atoms with Gasteiger partial charge < -0.3 is 9.52 Å². The van der Waals surface area contributed by atoms with Crippen LogP contribution >= 0.6 is 0 Å². The fourth-order valence-electron chi connectivity index (χ4n) is 1.26. The number of benzene rings is 1. The molecule has 0 aliphatic heterocycles. The SMILES string of the molecule is N#CCc1ccc2nc(C(=O)O)oc2c1. The summed E-state index contributed by atoms with van der Waals surface area (Å²) in [5.41, 5.74) is 1.65. The number of carbonyl (C=O) groups is 1. The summed E-state index contributed by atoms with van der Waals surface area (Å²) in [5, 5.41) is 17.1. The number of fused-ring (bicyclic) bond motifs is 1. The average molecular weight is 202 g/mol. The van der Waals surface area contributed by atoms with Crippen molar-refractivity contribution in [2.75, 3.05) is 0 Å². The molecule has 5 nitrogen and oxygen atoms in total. The summed E-state index contributed by atoms with van der Waals surface area (Å²) in [5.74, 6) is -1.54. The molecule has 0 fully saturated rings. The molecule has 1 heterocycles. The van der Waals surface area contributed by atoms with E-state index in [-0.39, 0.29) is 12.3 Å². The number of carboxylic acids is 1. The van der Waals surface area contributed by atoms with E-state index in [1.54, 1.807) is 18.2 Å². The van der Waals surface area contributed by atoms with Gasteiger partial charge in [-0.25, -0.2) is 9.78 Å². The Kier molecular flexibility index (Phi) is 2.10. The van der Waals surface area contributed by atoms with Crippen molar-refractivity contribution in [3.05, 3.63) is 29.7 Å². The zero-order valence-electron chi connectivity index (χ0n) is 7.60. The number of nitriles is 1. The molecular formula is C10H6N2O3. The third-order valence-electron chi connectivity index (χ3n) is 1.92. The van der Waals surface area contributed by atoms with E-state index in [9.17, 15) is 4.79 Å². The topological polar surface area (TPSA) is 87.1 Å². The molecule has 74 valence electrons. The fraction of sp³-hybridized carbons (Fsp3) is 0.100. The molecule has 0 aliphatic carbocycles. The van der Waals surface area contributed by atoms with Crippen molar-refractivity contribution in [1.29, 1.82) is 5.26 Å². The summed E-state index contributed by atoms with van der Waals surface area (Å²) in [6.07, 6.45) is 0.263. The third-order valence-corrected chi connectivity index (χ3v) is 1.92. The van der Waals surface area contributed by atoms with Gasteiger partial charge in [0, 0.05) is 0 Å². The molecule has 0 radical (unpaired) electrons. The number of hydrogen-bond acceptors (Lipinski definition) is 4. The van der Waals surface area contributed by atoms with Crippen molar-refractivity contribution in [1.82, 2.24) is 4.98 Å². The summed E-state index contributed by atoms with van der Waals surface area (Å²) in [6, 6.07) is 6.98. The lowest BCUT2D eigenvalue weighted by molar-refractivity contribution is 0.0656. The maximum atomic E-state index is 10.6. The first-order valence-electron chi connectivity index (χ1n) is 4.20. The van der Waals surface area contributed by atoms with Crippen molar-refractivity contribution in [2.24, 2.45) is 0 Å². The molecule has 0 spiro atoms. The molecule has 0 saturated heterocycles. The minimum absolute atomic E-state index is 0.263. The first kappa shape index (κ1) is 9.21. The van der Waals surface area contributed by atoms with E-state index < -0.39 is 5.97 Å². The number of aromatic nitrogens is 1. The molecule has 0 amide bonds. The molecule has 1 aromatic heterocycles. The van der Waals surface area contributed by atoms with E-state index in [0.717, 1.165) is 5.56 Å². The predicted octanol–water partition coefficient (Wildman–Crippen LogP) is 1.59. The maximum absolute atomic E-state index is 10.6. The van der Waals surface area contributed by atoms with Gasteiger partial charge in [-0.15, -0.1) is 0 Å². The Bertz CT molecular complexity index is 566. The van der Waals surface area contributed by atoms with Crippen LogP contribution in [0.5, 0.6) is 0 Å². The Balaban J connectivity index is 2.53. The van der Waals surface area contributed by atoms with Crippen molar-refractivity contribution in [3.8, 4) is 6.07 Å². The minimum atomic E-state index is -1.20. The lowest BCUT2D eigenvalue weighted by Gasteiger charge is -1.91. The summed E-state index contributed by atoms with van der Waals surface area (Å²) < 4.78 is 5.00. The summed E-state index contributed by atoms with van der Waals surface area (Å²) in [7, 11) is 0. The van der Waals surface area contributed by atoms with Crippen LogP contribution in [-0.2, 0) is 6.42 Å². The standard InChI is InChI=1S/C10H6N2O3/c11-4-3-6-1-2-7-8(5-6)15-9(12-7)10(13)14/h1-2,5H,3H2,(H,13,14). The largest absolute Gasteiger partial charge is 0.474 e. The molecular weight excluding hydrogens is 196 g/mol.